The van der Waals surface area contributed by atoms with Crippen molar-refractivity contribution in [2.75, 3.05) is 13.7 Å². The third-order valence-corrected chi connectivity index (χ3v) is 0.780. The van der Waals surface area contributed by atoms with Gasteiger partial charge in [0.1, 0.15) is 6.04 Å². The Kier molecular flexibility index (Phi) is 3.14. The van der Waals surface area contributed by atoms with E-state index >= 15 is 0 Å². The summed E-state index contributed by atoms with van der Waals surface area (Å²) >= 11 is 0. The van der Waals surface area contributed by atoms with Crippen LogP contribution in [0.1, 0.15) is 0 Å². The van der Waals surface area contributed by atoms with E-state index in [1.807, 2.05) is 0 Å². The predicted octanol–water partition coefficient (Wildman–Crippen LogP) is -1.95. The Hall–Kier alpha value is -0.610. The molecule has 0 aromatic rings. The zero-order chi connectivity index (χ0) is 6.57. The molecule has 1 atom stereocenters. The number of amides is 1. The zero-order valence-electron chi connectivity index (χ0n) is 4.72. The second-order valence-electron chi connectivity index (χ2n) is 1.40. The number of aliphatic hydroxyl groups excluding tert-OH is 1. The standard InChI is InChI=1S/C4H10N2O2/c1-6-4(8)3(5)2-7/h3,7H,2,5H2,1H3,(H,6,8)/t3-/m0/s1. The molecule has 0 aromatic heterocycles. The molecule has 0 rings (SSSR count). The number of nitrogens with one attached hydrogen (secondary N) is 1. The van der Waals surface area contributed by atoms with Gasteiger partial charge >= 0.3 is 0 Å². The molecule has 0 aliphatic rings. The minimum Gasteiger partial charge on any atom is -0.394 e. The maximum atomic E-state index is 10.3. The summed E-state index contributed by atoms with van der Waals surface area (Å²) < 4.78 is 0. The van der Waals surface area contributed by atoms with E-state index in [1.54, 1.807) is 0 Å². The fraction of sp³-hybridized carbons (Fsp3) is 0.750. The van der Waals surface area contributed by atoms with Gasteiger partial charge < -0.3 is 16.2 Å². The Balaban J connectivity index is 3.46. The quantitative estimate of drug-likeness (QED) is 0.394. The lowest BCUT2D eigenvalue weighted by Gasteiger charge is -2.03. The van der Waals surface area contributed by atoms with Crippen LogP contribution in [0.2, 0.25) is 0 Å². The molecule has 1 amide bonds. The van der Waals surface area contributed by atoms with Crippen molar-refractivity contribution in [2.24, 2.45) is 5.73 Å². The molecule has 0 bridgehead atoms. The monoisotopic (exact) mass is 118 g/mol. The van der Waals surface area contributed by atoms with Gasteiger partial charge in [-0.15, -0.1) is 0 Å². The number of carbonyl (C=O) groups excluding carboxylic acids is 1. The lowest BCUT2D eigenvalue weighted by atomic mass is 10.3. The Labute approximate surface area is 47.7 Å². The van der Waals surface area contributed by atoms with Crippen molar-refractivity contribution in [3.8, 4) is 0 Å². The number of hydrogen-bond acceptors (Lipinski definition) is 3. The van der Waals surface area contributed by atoms with Gasteiger partial charge in [0.2, 0.25) is 5.91 Å². The first-order valence-corrected chi connectivity index (χ1v) is 2.30. The van der Waals surface area contributed by atoms with E-state index in [2.05, 4.69) is 5.32 Å². The molecule has 48 valence electrons. The molecule has 0 unspecified atom stereocenters. The number of nitrogens with two attached hydrogens (primary N) is 1. The molecule has 4 heteroatoms. The second-order valence-corrected chi connectivity index (χ2v) is 1.40. The normalized spacial score (nSPS) is 12.9. The number of rotatable bonds is 2. The summed E-state index contributed by atoms with van der Waals surface area (Å²) in [6, 6.07) is -0.778. The second kappa shape index (κ2) is 3.40. The Bertz CT molecular complexity index is 84.1. The molecule has 0 fully saturated rings. The molecule has 0 saturated heterocycles. The van der Waals surface area contributed by atoms with E-state index in [1.165, 1.54) is 7.05 Å². The van der Waals surface area contributed by atoms with Gasteiger partial charge in [0, 0.05) is 7.05 Å². The molecule has 0 radical (unpaired) electrons. The van der Waals surface area contributed by atoms with Gasteiger partial charge in [-0.2, -0.15) is 0 Å². The van der Waals surface area contributed by atoms with Gasteiger partial charge in [-0.1, -0.05) is 0 Å². The summed E-state index contributed by atoms with van der Waals surface area (Å²) in [5, 5.41) is 10.5. The third-order valence-electron chi connectivity index (χ3n) is 0.780. The maximum Gasteiger partial charge on any atom is 0.239 e. The molecule has 4 nitrogen and oxygen atoms in total. The van der Waals surface area contributed by atoms with Gasteiger partial charge in [0.15, 0.2) is 0 Å². The summed E-state index contributed by atoms with van der Waals surface area (Å²) in [5.41, 5.74) is 5.06. The van der Waals surface area contributed by atoms with Crippen molar-refractivity contribution in [2.45, 2.75) is 6.04 Å². The van der Waals surface area contributed by atoms with Crippen LogP contribution in [0, 0.1) is 0 Å². The average molecular weight is 118 g/mol. The molecule has 0 aromatic carbocycles. The van der Waals surface area contributed by atoms with Crippen LogP contribution in [0.3, 0.4) is 0 Å². The first kappa shape index (κ1) is 7.39. The number of aliphatic hydroxyl groups is 1. The van der Waals surface area contributed by atoms with E-state index in [9.17, 15) is 4.79 Å². The molecule has 0 aliphatic carbocycles. The molecule has 0 spiro atoms. The van der Waals surface area contributed by atoms with E-state index in [-0.39, 0.29) is 12.5 Å². The summed E-state index contributed by atoms with van der Waals surface area (Å²) in [4.78, 5) is 10.3. The third kappa shape index (κ3) is 1.90. The highest BCUT2D eigenvalue weighted by molar-refractivity contribution is 5.81. The molecule has 0 saturated carbocycles. The lowest BCUT2D eigenvalue weighted by Crippen LogP contribution is -2.41. The van der Waals surface area contributed by atoms with Gasteiger partial charge in [0.05, 0.1) is 6.61 Å². The molecule has 8 heavy (non-hydrogen) atoms. The fourth-order valence-electron chi connectivity index (χ4n) is 0.268. The van der Waals surface area contributed by atoms with Crippen LogP contribution in [0.15, 0.2) is 0 Å². The number of hydrogen-bond donors (Lipinski definition) is 3. The number of carbonyl (C=O) groups is 1. The summed E-state index contributed by atoms with van der Waals surface area (Å²) in [7, 11) is 1.47. The zero-order valence-corrected chi connectivity index (χ0v) is 4.72. The highest BCUT2D eigenvalue weighted by Gasteiger charge is 2.07. The van der Waals surface area contributed by atoms with Gasteiger partial charge in [-0.05, 0) is 0 Å². The summed E-state index contributed by atoms with van der Waals surface area (Å²) in [6.45, 7) is -0.306. The van der Waals surface area contributed by atoms with E-state index in [0.717, 1.165) is 0 Å². The molecule has 0 heterocycles. The average Bonchev–Trinajstić information content (AvgIpc) is 1.84. The first-order valence-electron chi connectivity index (χ1n) is 2.30. The predicted molar refractivity (Wildman–Crippen MR) is 29.1 cm³/mol. The van der Waals surface area contributed by atoms with Crippen molar-refractivity contribution >= 4 is 5.91 Å². The van der Waals surface area contributed by atoms with Crippen molar-refractivity contribution in [3.63, 3.8) is 0 Å². The smallest absolute Gasteiger partial charge is 0.239 e. The number of likely N-dealkylation sites (N-methyl/N-ethyl adjacent to an activating group) is 1. The SMILES string of the molecule is CNC(=O)[C@@H](N)CO. The van der Waals surface area contributed by atoms with E-state index < -0.39 is 6.04 Å². The van der Waals surface area contributed by atoms with Crippen molar-refractivity contribution < 1.29 is 9.90 Å². The van der Waals surface area contributed by atoms with Gasteiger partial charge in [-0.25, -0.2) is 0 Å². The van der Waals surface area contributed by atoms with Crippen LogP contribution in [-0.4, -0.2) is 30.7 Å². The van der Waals surface area contributed by atoms with Crippen molar-refractivity contribution in [1.29, 1.82) is 0 Å². The van der Waals surface area contributed by atoms with E-state index in [4.69, 9.17) is 10.8 Å². The minimum absolute atomic E-state index is 0.306. The van der Waals surface area contributed by atoms with Crippen LogP contribution >= 0.6 is 0 Å². The van der Waals surface area contributed by atoms with Crippen molar-refractivity contribution in [3.05, 3.63) is 0 Å². The highest BCUT2D eigenvalue weighted by atomic mass is 16.3. The molecular formula is C4H10N2O2. The maximum absolute atomic E-state index is 10.3. The van der Waals surface area contributed by atoms with E-state index in [0.29, 0.717) is 0 Å². The van der Waals surface area contributed by atoms with Crippen LogP contribution < -0.4 is 11.1 Å². The Morgan fingerprint density at radius 3 is 2.62 bits per heavy atom. The van der Waals surface area contributed by atoms with Crippen LogP contribution in [0.25, 0.3) is 0 Å². The Morgan fingerprint density at radius 1 is 2.00 bits per heavy atom. The molecule has 0 aliphatic heterocycles. The fourth-order valence-corrected chi connectivity index (χ4v) is 0.268. The summed E-state index contributed by atoms with van der Waals surface area (Å²) in [5.74, 6) is -0.340. The topological polar surface area (TPSA) is 75.4 Å². The van der Waals surface area contributed by atoms with Gasteiger partial charge in [0.25, 0.3) is 0 Å². The largest absolute Gasteiger partial charge is 0.394 e. The van der Waals surface area contributed by atoms with Gasteiger partial charge in [-0.3, -0.25) is 4.79 Å². The first-order chi connectivity index (χ1) is 3.72. The lowest BCUT2D eigenvalue weighted by molar-refractivity contribution is -0.122. The van der Waals surface area contributed by atoms with Crippen LogP contribution in [-0.2, 0) is 4.79 Å². The summed E-state index contributed by atoms with van der Waals surface area (Å²) in [6.07, 6.45) is 0. The highest BCUT2D eigenvalue weighted by Crippen LogP contribution is 1.71. The molecule has 4 N–H and O–H groups in total. The minimum atomic E-state index is -0.778. The molecular weight excluding hydrogens is 108 g/mol. The Morgan fingerprint density at radius 2 is 2.50 bits per heavy atom. The van der Waals surface area contributed by atoms with Crippen molar-refractivity contribution in [1.82, 2.24) is 5.32 Å². The van der Waals surface area contributed by atoms with Crippen LogP contribution in [0.4, 0.5) is 0 Å². The van der Waals surface area contributed by atoms with Crippen LogP contribution in [0.5, 0.6) is 0 Å².